The molecule has 0 fully saturated rings. The minimum atomic E-state index is -0.445. The van der Waals surface area contributed by atoms with E-state index in [1.54, 1.807) is 0 Å². The van der Waals surface area contributed by atoms with Crippen LogP contribution in [0.1, 0.15) is 22.3 Å². The Morgan fingerprint density at radius 2 is 0.627 bits per heavy atom. The highest BCUT2D eigenvalue weighted by molar-refractivity contribution is 6.01. The number of hydrogen-bond acceptors (Lipinski definition) is 3. The van der Waals surface area contributed by atoms with Crippen LogP contribution in [0, 0.1) is 0 Å². The fourth-order valence-corrected chi connectivity index (χ4v) is 8.91. The first-order chi connectivity index (χ1) is 25.3. The van der Waals surface area contributed by atoms with Crippen LogP contribution < -0.4 is 0 Å². The van der Waals surface area contributed by atoms with Crippen LogP contribution in [0.25, 0.3) is 78.0 Å². The molecule has 0 N–H and O–H groups in total. The van der Waals surface area contributed by atoms with Crippen molar-refractivity contribution < 1.29 is 0 Å². The molecule has 1 aromatic heterocycles. The van der Waals surface area contributed by atoms with Gasteiger partial charge in [0.1, 0.15) is 0 Å². The maximum Gasteiger partial charge on any atom is 0.164 e. The van der Waals surface area contributed by atoms with Crippen molar-refractivity contribution in [2.24, 2.45) is 0 Å². The van der Waals surface area contributed by atoms with Gasteiger partial charge in [-0.15, -0.1) is 0 Å². The summed E-state index contributed by atoms with van der Waals surface area (Å²) in [6.45, 7) is 0. The summed E-state index contributed by atoms with van der Waals surface area (Å²) in [7, 11) is 0. The van der Waals surface area contributed by atoms with E-state index in [0.717, 1.165) is 38.2 Å². The van der Waals surface area contributed by atoms with Crippen molar-refractivity contribution in [1.82, 2.24) is 15.0 Å². The molecule has 236 valence electrons. The molecule has 0 radical (unpaired) electrons. The second-order valence-electron chi connectivity index (χ2n) is 13.5. The van der Waals surface area contributed by atoms with Gasteiger partial charge in [0.15, 0.2) is 17.5 Å². The molecule has 0 amide bonds. The molecule has 0 atom stereocenters. The molecule has 11 rings (SSSR count). The zero-order valence-corrected chi connectivity index (χ0v) is 27.6. The lowest BCUT2D eigenvalue weighted by atomic mass is 9.70. The summed E-state index contributed by atoms with van der Waals surface area (Å²) < 4.78 is 0. The Labute approximate surface area is 295 Å². The zero-order chi connectivity index (χ0) is 33.5. The van der Waals surface area contributed by atoms with Crippen LogP contribution in [0.3, 0.4) is 0 Å². The average molecular weight is 648 g/mol. The van der Waals surface area contributed by atoms with Gasteiger partial charge >= 0.3 is 0 Å². The van der Waals surface area contributed by atoms with Crippen molar-refractivity contribution in [3.63, 3.8) is 0 Å². The predicted molar refractivity (Wildman–Crippen MR) is 207 cm³/mol. The fraction of sp³-hybridized carbons (Fsp3) is 0.0208. The van der Waals surface area contributed by atoms with E-state index in [4.69, 9.17) is 15.0 Å². The summed E-state index contributed by atoms with van der Waals surface area (Å²) in [5, 5.41) is 4.53. The maximum absolute atomic E-state index is 5.36. The van der Waals surface area contributed by atoms with Crippen LogP contribution in [0.15, 0.2) is 176 Å². The lowest BCUT2D eigenvalue weighted by molar-refractivity contribution is 0.794. The van der Waals surface area contributed by atoms with Gasteiger partial charge < -0.3 is 0 Å². The minimum Gasteiger partial charge on any atom is -0.208 e. The summed E-state index contributed by atoms with van der Waals surface area (Å²) in [5.74, 6) is 1.99. The van der Waals surface area contributed by atoms with Crippen molar-refractivity contribution >= 4 is 21.5 Å². The third-order valence-corrected chi connectivity index (χ3v) is 11.0. The molecule has 3 nitrogen and oxygen atoms in total. The molecule has 0 aliphatic heterocycles. The van der Waals surface area contributed by atoms with Gasteiger partial charge in [-0.05, 0) is 66.1 Å². The van der Waals surface area contributed by atoms with Gasteiger partial charge in [-0.25, -0.2) is 15.0 Å². The van der Waals surface area contributed by atoms with E-state index < -0.39 is 5.41 Å². The molecule has 0 saturated carbocycles. The van der Waals surface area contributed by atoms with Crippen LogP contribution in [-0.2, 0) is 5.41 Å². The Balaban J connectivity index is 1.24. The number of hydrogen-bond donors (Lipinski definition) is 0. The summed E-state index contributed by atoms with van der Waals surface area (Å²) >= 11 is 0. The Bertz CT molecular complexity index is 2730. The van der Waals surface area contributed by atoms with Crippen molar-refractivity contribution in [2.75, 3.05) is 0 Å². The quantitative estimate of drug-likeness (QED) is 0.192. The van der Waals surface area contributed by atoms with Crippen LogP contribution in [-0.4, -0.2) is 15.0 Å². The van der Waals surface area contributed by atoms with Crippen LogP contribution in [0.2, 0.25) is 0 Å². The molecule has 0 bridgehead atoms. The number of fused-ring (bicyclic) bond motifs is 12. The number of rotatable bonds is 3. The molecule has 8 aromatic carbocycles. The highest BCUT2D eigenvalue weighted by atomic mass is 15.0. The van der Waals surface area contributed by atoms with Gasteiger partial charge in [-0.1, -0.05) is 176 Å². The van der Waals surface area contributed by atoms with Crippen molar-refractivity contribution in [3.8, 4) is 56.4 Å². The van der Waals surface area contributed by atoms with E-state index in [2.05, 4.69) is 176 Å². The first kappa shape index (κ1) is 28.2. The van der Waals surface area contributed by atoms with E-state index >= 15 is 0 Å². The van der Waals surface area contributed by atoms with Gasteiger partial charge in [0.2, 0.25) is 0 Å². The van der Waals surface area contributed by atoms with Crippen LogP contribution in [0.4, 0.5) is 0 Å². The van der Waals surface area contributed by atoms with Gasteiger partial charge in [0.05, 0.1) is 5.41 Å². The first-order valence-electron chi connectivity index (χ1n) is 17.5. The molecular weight excluding hydrogens is 619 g/mol. The normalized spacial score (nSPS) is 13.3. The first-order valence-corrected chi connectivity index (χ1v) is 17.5. The third-order valence-electron chi connectivity index (χ3n) is 11.0. The largest absolute Gasteiger partial charge is 0.208 e. The predicted octanol–water partition coefficient (Wildman–Crippen LogP) is 11.5. The molecule has 0 saturated heterocycles. The number of benzene rings is 8. The van der Waals surface area contributed by atoms with Gasteiger partial charge in [0, 0.05) is 16.7 Å². The van der Waals surface area contributed by atoms with E-state index in [1.165, 1.54) is 44.5 Å². The topological polar surface area (TPSA) is 38.7 Å². The molecule has 1 heterocycles. The highest BCUT2D eigenvalue weighted by Gasteiger charge is 2.52. The molecular formula is C48H29N3. The highest BCUT2D eigenvalue weighted by Crippen LogP contribution is 2.63. The monoisotopic (exact) mass is 647 g/mol. The Morgan fingerprint density at radius 3 is 1.20 bits per heavy atom. The standard InChI is InChI=1S/C48H29N3/c1-3-18-32-30(14-1)16-11-23-36(32)45-49-46(37-24-12-17-31-15-2-4-19-33(31)37)51-47(50-45)39-25-13-29-43-44(39)38-22-7-10-28-42(38)48(43)40-26-8-5-20-34(40)35-21-6-9-27-41(35)48/h1-29H. The lowest BCUT2D eigenvalue weighted by Gasteiger charge is -2.30. The maximum atomic E-state index is 5.36. The van der Waals surface area contributed by atoms with Crippen molar-refractivity contribution in [1.29, 1.82) is 0 Å². The lowest BCUT2D eigenvalue weighted by Crippen LogP contribution is -2.25. The van der Waals surface area contributed by atoms with E-state index in [9.17, 15) is 0 Å². The molecule has 2 aliphatic carbocycles. The fourth-order valence-electron chi connectivity index (χ4n) is 8.91. The van der Waals surface area contributed by atoms with Crippen molar-refractivity contribution in [2.45, 2.75) is 5.41 Å². The molecule has 1 spiro atoms. The molecule has 0 unspecified atom stereocenters. The number of nitrogens with zero attached hydrogens (tertiary/aromatic N) is 3. The van der Waals surface area contributed by atoms with Crippen LogP contribution >= 0.6 is 0 Å². The van der Waals surface area contributed by atoms with Gasteiger partial charge in [-0.2, -0.15) is 0 Å². The summed E-state index contributed by atoms with van der Waals surface area (Å²) in [4.78, 5) is 16.0. The molecule has 9 aromatic rings. The third kappa shape index (κ3) is 3.86. The number of aromatic nitrogens is 3. The summed E-state index contributed by atoms with van der Waals surface area (Å²) in [6, 6.07) is 63.1. The average Bonchev–Trinajstić information content (AvgIpc) is 3.68. The molecule has 51 heavy (non-hydrogen) atoms. The van der Waals surface area contributed by atoms with E-state index in [0.29, 0.717) is 17.5 Å². The Hall–Kier alpha value is -6.71. The Morgan fingerprint density at radius 1 is 0.275 bits per heavy atom. The smallest absolute Gasteiger partial charge is 0.164 e. The van der Waals surface area contributed by atoms with E-state index in [1.807, 2.05) is 0 Å². The van der Waals surface area contributed by atoms with E-state index in [-0.39, 0.29) is 0 Å². The molecule has 3 heteroatoms. The summed E-state index contributed by atoms with van der Waals surface area (Å²) in [5.41, 5.74) is 12.7. The van der Waals surface area contributed by atoms with Gasteiger partial charge in [0.25, 0.3) is 0 Å². The van der Waals surface area contributed by atoms with Crippen molar-refractivity contribution in [3.05, 3.63) is 198 Å². The zero-order valence-electron chi connectivity index (χ0n) is 27.6. The second-order valence-corrected chi connectivity index (χ2v) is 13.5. The SMILES string of the molecule is c1ccc2c(c1)-c1ccccc1C21c2ccccc2-c2c(-c3nc(-c4cccc5ccccc45)nc(-c4cccc5ccccc45)n3)cccc21. The minimum absolute atomic E-state index is 0.445. The van der Waals surface area contributed by atoms with Gasteiger partial charge in [-0.3, -0.25) is 0 Å². The second kappa shape index (κ2) is 10.6. The molecule has 2 aliphatic rings. The summed E-state index contributed by atoms with van der Waals surface area (Å²) in [6.07, 6.45) is 0. The van der Waals surface area contributed by atoms with Crippen LogP contribution in [0.5, 0.6) is 0 Å². The Kier molecular flexibility index (Phi) is 5.88.